The van der Waals surface area contributed by atoms with E-state index >= 15 is 0 Å². The highest BCUT2D eigenvalue weighted by molar-refractivity contribution is 5.55. The lowest BCUT2D eigenvalue weighted by molar-refractivity contribution is 0.199. The standard InChI is InChI=1S/C13H20FNO/c1-5-15(9(2)3)13-7-6-11(14)8-12(13)10(4)16/h6-10,16H,5H2,1-4H3/t10-/m1/s1. The van der Waals surface area contributed by atoms with Gasteiger partial charge in [-0.3, -0.25) is 0 Å². The Labute approximate surface area is 96.7 Å². The van der Waals surface area contributed by atoms with Gasteiger partial charge in [-0.05, 0) is 45.9 Å². The van der Waals surface area contributed by atoms with E-state index in [1.165, 1.54) is 12.1 Å². The van der Waals surface area contributed by atoms with Crippen LogP contribution in [0.5, 0.6) is 0 Å². The fraction of sp³-hybridized carbons (Fsp3) is 0.538. The lowest BCUT2D eigenvalue weighted by Crippen LogP contribution is -2.31. The molecule has 2 nitrogen and oxygen atoms in total. The van der Waals surface area contributed by atoms with Gasteiger partial charge in [-0.2, -0.15) is 0 Å². The number of aliphatic hydroxyl groups excluding tert-OH is 1. The zero-order valence-electron chi connectivity index (χ0n) is 10.4. The van der Waals surface area contributed by atoms with Crippen LogP contribution in [0.2, 0.25) is 0 Å². The number of anilines is 1. The van der Waals surface area contributed by atoms with E-state index in [4.69, 9.17) is 0 Å². The van der Waals surface area contributed by atoms with Gasteiger partial charge in [0.15, 0.2) is 0 Å². The molecule has 16 heavy (non-hydrogen) atoms. The zero-order chi connectivity index (χ0) is 12.3. The first-order valence-corrected chi connectivity index (χ1v) is 5.71. The quantitative estimate of drug-likeness (QED) is 0.851. The molecule has 0 heterocycles. The van der Waals surface area contributed by atoms with Gasteiger partial charge in [0.2, 0.25) is 0 Å². The Morgan fingerprint density at radius 2 is 1.94 bits per heavy atom. The first-order chi connectivity index (χ1) is 7.47. The highest BCUT2D eigenvalue weighted by Crippen LogP contribution is 2.28. The summed E-state index contributed by atoms with van der Waals surface area (Å²) in [7, 11) is 0. The molecule has 1 atom stereocenters. The van der Waals surface area contributed by atoms with Gasteiger partial charge < -0.3 is 10.0 Å². The summed E-state index contributed by atoms with van der Waals surface area (Å²) in [5.41, 5.74) is 1.56. The number of hydrogen-bond acceptors (Lipinski definition) is 2. The van der Waals surface area contributed by atoms with Crippen LogP contribution in [0.4, 0.5) is 10.1 Å². The second-order valence-corrected chi connectivity index (χ2v) is 4.26. The van der Waals surface area contributed by atoms with Gasteiger partial charge in [0.05, 0.1) is 6.10 Å². The van der Waals surface area contributed by atoms with Crippen molar-refractivity contribution in [1.82, 2.24) is 0 Å². The van der Waals surface area contributed by atoms with E-state index in [0.717, 1.165) is 12.2 Å². The van der Waals surface area contributed by atoms with Gasteiger partial charge >= 0.3 is 0 Å². The summed E-state index contributed by atoms with van der Waals surface area (Å²) in [5.74, 6) is -0.306. The van der Waals surface area contributed by atoms with Crippen molar-refractivity contribution in [3.05, 3.63) is 29.6 Å². The summed E-state index contributed by atoms with van der Waals surface area (Å²) in [6, 6.07) is 4.91. The van der Waals surface area contributed by atoms with Crippen molar-refractivity contribution in [2.24, 2.45) is 0 Å². The number of rotatable bonds is 4. The highest BCUT2D eigenvalue weighted by Gasteiger charge is 2.16. The Morgan fingerprint density at radius 3 is 2.38 bits per heavy atom. The van der Waals surface area contributed by atoms with E-state index in [1.54, 1.807) is 13.0 Å². The fourth-order valence-electron chi connectivity index (χ4n) is 1.94. The zero-order valence-corrected chi connectivity index (χ0v) is 10.4. The maximum Gasteiger partial charge on any atom is 0.123 e. The largest absolute Gasteiger partial charge is 0.389 e. The van der Waals surface area contributed by atoms with Crippen LogP contribution in [-0.4, -0.2) is 17.7 Å². The second kappa shape index (κ2) is 5.30. The van der Waals surface area contributed by atoms with E-state index < -0.39 is 6.10 Å². The number of hydrogen-bond donors (Lipinski definition) is 1. The SMILES string of the molecule is CCN(c1ccc(F)cc1[C@@H](C)O)C(C)C. The first-order valence-electron chi connectivity index (χ1n) is 5.71. The Morgan fingerprint density at radius 1 is 1.31 bits per heavy atom. The molecule has 0 aliphatic carbocycles. The molecule has 0 amide bonds. The maximum absolute atomic E-state index is 13.1. The van der Waals surface area contributed by atoms with E-state index in [2.05, 4.69) is 25.7 Å². The average Bonchev–Trinajstić information content (AvgIpc) is 2.20. The predicted molar refractivity (Wildman–Crippen MR) is 65.2 cm³/mol. The van der Waals surface area contributed by atoms with Crippen LogP contribution in [0.3, 0.4) is 0 Å². The molecule has 0 aliphatic rings. The molecule has 0 aliphatic heterocycles. The number of aliphatic hydroxyl groups is 1. The van der Waals surface area contributed by atoms with Crippen molar-refractivity contribution in [1.29, 1.82) is 0 Å². The number of nitrogens with zero attached hydrogens (tertiary/aromatic N) is 1. The third-order valence-corrected chi connectivity index (χ3v) is 2.71. The molecule has 0 fully saturated rings. The fourth-order valence-corrected chi connectivity index (χ4v) is 1.94. The third-order valence-electron chi connectivity index (χ3n) is 2.71. The summed E-state index contributed by atoms with van der Waals surface area (Å²) in [6.45, 7) is 8.71. The first kappa shape index (κ1) is 13.0. The minimum Gasteiger partial charge on any atom is -0.389 e. The molecular formula is C13H20FNO. The average molecular weight is 225 g/mol. The van der Waals surface area contributed by atoms with E-state index in [9.17, 15) is 9.50 Å². The smallest absolute Gasteiger partial charge is 0.123 e. The molecule has 1 rings (SSSR count). The summed E-state index contributed by atoms with van der Waals surface area (Å²) >= 11 is 0. The molecule has 0 bridgehead atoms. The van der Waals surface area contributed by atoms with Crippen molar-refractivity contribution in [3.8, 4) is 0 Å². The van der Waals surface area contributed by atoms with Crippen LogP contribution in [0.15, 0.2) is 18.2 Å². The Balaban J connectivity index is 3.20. The molecule has 0 aromatic heterocycles. The molecule has 0 saturated carbocycles. The van der Waals surface area contributed by atoms with Crippen molar-refractivity contribution < 1.29 is 9.50 Å². The summed E-state index contributed by atoms with van der Waals surface area (Å²) < 4.78 is 13.1. The lowest BCUT2D eigenvalue weighted by atomic mass is 10.1. The van der Waals surface area contributed by atoms with Gasteiger partial charge in [-0.15, -0.1) is 0 Å². The van der Waals surface area contributed by atoms with Crippen LogP contribution in [0.25, 0.3) is 0 Å². The van der Waals surface area contributed by atoms with Crippen LogP contribution in [0.1, 0.15) is 39.4 Å². The van der Waals surface area contributed by atoms with E-state index in [-0.39, 0.29) is 5.82 Å². The summed E-state index contributed by atoms with van der Waals surface area (Å²) in [5, 5.41) is 9.66. The van der Waals surface area contributed by atoms with Crippen LogP contribution in [-0.2, 0) is 0 Å². The van der Waals surface area contributed by atoms with E-state index in [1.807, 2.05) is 0 Å². The highest BCUT2D eigenvalue weighted by atomic mass is 19.1. The normalized spacial score (nSPS) is 12.9. The second-order valence-electron chi connectivity index (χ2n) is 4.26. The molecule has 3 heteroatoms. The molecule has 90 valence electrons. The number of halogens is 1. The van der Waals surface area contributed by atoms with Crippen molar-refractivity contribution >= 4 is 5.69 Å². The molecule has 0 spiro atoms. The maximum atomic E-state index is 13.1. The molecule has 0 unspecified atom stereocenters. The van der Waals surface area contributed by atoms with Gasteiger partial charge in [-0.1, -0.05) is 0 Å². The monoisotopic (exact) mass is 225 g/mol. The Kier molecular flexibility index (Phi) is 4.30. The lowest BCUT2D eigenvalue weighted by Gasteiger charge is -2.30. The number of benzene rings is 1. The molecule has 1 aromatic carbocycles. The van der Waals surface area contributed by atoms with Crippen LogP contribution in [0, 0.1) is 5.82 Å². The molecular weight excluding hydrogens is 205 g/mol. The predicted octanol–water partition coefficient (Wildman–Crippen LogP) is 3.11. The van der Waals surface area contributed by atoms with E-state index in [0.29, 0.717) is 11.6 Å². The minimum atomic E-state index is -0.654. The van der Waals surface area contributed by atoms with Gasteiger partial charge in [-0.25, -0.2) is 4.39 Å². The minimum absolute atomic E-state index is 0.306. The van der Waals surface area contributed by atoms with Crippen LogP contribution < -0.4 is 4.90 Å². The van der Waals surface area contributed by atoms with Crippen LogP contribution >= 0.6 is 0 Å². The summed E-state index contributed by atoms with van der Waals surface area (Å²) in [4.78, 5) is 2.14. The molecule has 0 saturated heterocycles. The molecule has 1 N–H and O–H groups in total. The van der Waals surface area contributed by atoms with Crippen molar-refractivity contribution in [2.75, 3.05) is 11.4 Å². The van der Waals surface area contributed by atoms with Crippen molar-refractivity contribution in [2.45, 2.75) is 39.8 Å². The third kappa shape index (κ3) is 2.73. The molecule has 1 aromatic rings. The Bertz CT molecular complexity index is 350. The molecule has 0 radical (unpaired) electrons. The van der Waals surface area contributed by atoms with Crippen molar-refractivity contribution in [3.63, 3.8) is 0 Å². The summed E-state index contributed by atoms with van der Waals surface area (Å²) in [6.07, 6.45) is -0.654. The van der Waals surface area contributed by atoms with Gasteiger partial charge in [0.25, 0.3) is 0 Å². The topological polar surface area (TPSA) is 23.5 Å². The Hall–Kier alpha value is -1.09. The van der Waals surface area contributed by atoms with Gasteiger partial charge in [0, 0.05) is 23.8 Å². The van der Waals surface area contributed by atoms with Gasteiger partial charge in [0.1, 0.15) is 5.82 Å².